The molecular formula is C11H12N2O2. The van der Waals surface area contributed by atoms with Crippen molar-refractivity contribution >= 4 is 5.97 Å². The fourth-order valence-electron chi connectivity index (χ4n) is 0.977. The lowest BCUT2D eigenvalue weighted by molar-refractivity contribution is 0.0696. The average Bonchev–Trinajstić information content (AvgIpc) is 2.25. The molecule has 0 atom stereocenters. The maximum absolute atomic E-state index is 10.6. The van der Waals surface area contributed by atoms with Gasteiger partial charge in [0, 0.05) is 30.9 Å². The molecule has 0 spiro atoms. The van der Waals surface area contributed by atoms with E-state index in [9.17, 15) is 4.79 Å². The molecule has 1 aromatic heterocycles. The monoisotopic (exact) mass is 204 g/mol. The van der Waals surface area contributed by atoms with Crippen LogP contribution in [0.1, 0.15) is 22.3 Å². The zero-order chi connectivity index (χ0) is 11.1. The number of pyridine rings is 1. The van der Waals surface area contributed by atoms with Gasteiger partial charge >= 0.3 is 5.97 Å². The molecule has 0 aromatic carbocycles. The van der Waals surface area contributed by atoms with Gasteiger partial charge in [0.15, 0.2) is 0 Å². The van der Waals surface area contributed by atoms with Crippen molar-refractivity contribution < 1.29 is 9.90 Å². The number of aromatic nitrogens is 1. The molecule has 0 aliphatic heterocycles. The number of hydrogen-bond acceptors (Lipinski definition) is 3. The van der Waals surface area contributed by atoms with Crippen molar-refractivity contribution in [3.05, 3.63) is 29.6 Å². The largest absolute Gasteiger partial charge is 0.478 e. The van der Waals surface area contributed by atoms with E-state index in [4.69, 9.17) is 5.11 Å². The number of carbonyl (C=O) groups is 1. The molecule has 0 aliphatic carbocycles. The van der Waals surface area contributed by atoms with Crippen molar-refractivity contribution in [2.45, 2.75) is 6.42 Å². The molecule has 0 saturated carbocycles. The molecule has 4 nitrogen and oxygen atoms in total. The van der Waals surface area contributed by atoms with E-state index in [0.717, 1.165) is 13.0 Å². The first-order chi connectivity index (χ1) is 7.24. The first-order valence-electron chi connectivity index (χ1n) is 4.56. The van der Waals surface area contributed by atoms with Crippen molar-refractivity contribution in [2.24, 2.45) is 0 Å². The van der Waals surface area contributed by atoms with Crippen LogP contribution < -0.4 is 5.32 Å². The quantitative estimate of drug-likeness (QED) is 0.563. The molecule has 78 valence electrons. The molecule has 1 rings (SSSR count). The third kappa shape index (κ3) is 3.79. The van der Waals surface area contributed by atoms with Crippen molar-refractivity contribution in [2.75, 3.05) is 13.6 Å². The van der Waals surface area contributed by atoms with Crippen molar-refractivity contribution in [1.29, 1.82) is 0 Å². The Morgan fingerprint density at radius 3 is 3.07 bits per heavy atom. The minimum Gasteiger partial charge on any atom is -0.478 e. The van der Waals surface area contributed by atoms with Crippen LogP contribution in [-0.2, 0) is 0 Å². The van der Waals surface area contributed by atoms with Gasteiger partial charge in [-0.1, -0.05) is 11.8 Å². The third-order valence-electron chi connectivity index (χ3n) is 1.72. The Kier molecular flexibility index (Phi) is 4.32. The van der Waals surface area contributed by atoms with Crippen molar-refractivity contribution in [1.82, 2.24) is 10.3 Å². The summed E-state index contributed by atoms with van der Waals surface area (Å²) in [6.45, 7) is 0.819. The van der Waals surface area contributed by atoms with Gasteiger partial charge in [0.2, 0.25) is 0 Å². The zero-order valence-electron chi connectivity index (χ0n) is 8.45. The highest BCUT2D eigenvalue weighted by Crippen LogP contribution is 2.00. The summed E-state index contributed by atoms with van der Waals surface area (Å²) in [6.07, 6.45) is 3.59. The number of nitrogens with one attached hydrogen (secondary N) is 1. The van der Waals surface area contributed by atoms with Crippen LogP contribution >= 0.6 is 0 Å². The van der Waals surface area contributed by atoms with Gasteiger partial charge < -0.3 is 10.4 Å². The highest BCUT2D eigenvalue weighted by atomic mass is 16.4. The number of aromatic carboxylic acids is 1. The molecule has 0 fully saturated rings. The van der Waals surface area contributed by atoms with Crippen LogP contribution in [-0.4, -0.2) is 29.7 Å². The number of hydrogen-bond donors (Lipinski definition) is 2. The molecule has 1 heterocycles. The molecule has 0 aliphatic rings. The van der Waals surface area contributed by atoms with E-state index in [1.54, 1.807) is 6.20 Å². The van der Waals surface area contributed by atoms with E-state index in [2.05, 4.69) is 22.1 Å². The molecule has 0 radical (unpaired) electrons. The number of nitrogens with zero attached hydrogens (tertiary/aromatic N) is 1. The summed E-state index contributed by atoms with van der Waals surface area (Å²) < 4.78 is 0. The smallest absolute Gasteiger partial charge is 0.337 e. The van der Waals surface area contributed by atoms with E-state index in [1.165, 1.54) is 12.3 Å². The summed E-state index contributed by atoms with van der Waals surface area (Å²) in [5.74, 6) is 4.80. The number of rotatable bonds is 3. The summed E-state index contributed by atoms with van der Waals surface area (Å²) in [5, 5.41) is 11.7. The summed E-state index contributed by atoms with van der Waals surface area (Å²) in [4.78, 5) is 14.4. The van der Waals surface area contributed by atoms with E-state index in [-0.39, 0.29) is 5.56 Å². The Morgan fingerprint density at radius 2 is 2.40 bits per heavy atom. The van der Waals surface area contributed by atoms with E-state index in [1.807, 2.05) is 7.05 Å². The van der Waals surface area contributed by atoms with Crippen LogP contribution in [0, 0.1) is 11.8 Å². The van der Waals surface area contributed by atoms with Gasteiger partial charge in [-0.2, -0.15) is 0 Å². The predicted molar refractivity (Wildman–Crippen MR) is 56.6 cm³/mol. The molecule has 4 heteroatoms. The second-order valence-corrected chi connectivity index (χ2v) is 2.92. The van der Waals surface area contributed by atoms with E-state index >= 15 is 0 Å². The fraction of sp³-hybridized carbons (Fsp3) is 0.273. The van der Waals surface area contributed by atoms with Gasteiger partial charge in [-0.25, -0.2) is 4.79 Å². The SMILES string of the molecule is CNCCC#Cc1cncc(C(=O)O)c1. The summed E-state index contributed by atoms with van der Waals surface area (Å²) in [5.41, 5.74) is 0.793. The fourth-order valence-corrected chi connectivity index (χ4v) is 0.977. The summed E-state index contributed by atoms with van der Waals surface area (Å²) in [7, 11) is 1.86. The molecule has 0 bridgehead atoms. The molecule has 15 heavy (non-hydrogen) atoms. The normalized spacial score (nSPS) is 9.13. The maximum Gasteiger partial charge on any atom is 0.337 e. The Hall–Kier alpha value is -1.86. The van der Waals surface area contributed by atoms with Crippen molar-refractivity contribution in [3.8, 4) is 11.8 Å². The molecule has 0 amide bonds. The lowest BCUT2D eigenvalue weighted by Crippen LogP contribution is -2.05. The highest BCUT2D eigenvalue weighted by Gasteiger charge is 2.01. The molecular weight excluding hydrogens is 192 g/mol. The Labute approximate surface area is 88.3 Å². The van der Waals surface area contributed by atoms with Gasteiger partial charge in [-0.05, 0) is 13.1 Å². The average molecular weight is 204 g/mol. The topological polar surface area (TPSA) is 62.2 Å². The van der Waals surface area contributed by atoms with Crippen LogP contribution in [0.4, 0.5) is 0 Å². The van der Waals surface area contributed by atoms with Crippen LogP contribution in [0.5, 0.6) is 0 Å². The zero-order valence-corrected chi connectivity index (χ0v) is 8.45. The first-order valence-corrected chi connectivity index (χ1v) is 4.56. The van der Waals surface area contributed by atoms with Gasteiger partial charge in [0.1, 0.15) is 0 Å². The third-order valence-corrected chi connectivity index (χ3v) is 1.72. The maximum atomic E-state index is 10.6. The van der Waals surface area contributed by atoms with Gasteiger partial charge in [-0.15, -0.1) is 0 Å². The van der Waals surface area contributed by atoms with Gasteiger partial charge in [-0.3, -0.25) is 4.98 Å². The lowest BCUT2D eigenvalue weighted by Gasteiger charge is -1.93. The van der Waals surface area contributed by atoms with Crippen LogP contribution in [0.2, 0.25) is 0 Å². The molecule has 0 saturated heterocycles. The Balaban J connectivity index is 2.72. The van der Waals surface area contributed by atoms with Gasteiger partial charge in [0.25, 0.3) is 0 Å². The minimum atomic E-state index is -0.985. The number of carboxylic acids is 1. The van der Waals surface area contributed by atoms with Crippen LogP contribution in [0.3, 0.4) is 0 Å². The summed E-state index contributed by atoms with van der Waals surface area (Å²) >= 11 is 0. The van der Waals surface area contributed by atoms with Crippen LogP contribution in [0.25, 0.3) is 0 Å². The highest BCUT2D eigenvalue weighted by molar-refractivity contribution is 5.87. The molecule has 1 aromatic rings. The Morgan fingerprint density at radius 1 is 1.60 bits per heavy atom. The predicted octanol–water partition coefficient (Wildman–Crippen LogP) is 0.741. The van der Waals surface area contributed by atoms with Crippen molar-refractivity contribution in [3.63, 3.8) is 0 Å². The second kappa shape index (κ2) is 5.78. The van der Waals surface area contributed by atoms with Gasteiger partial charge in [0.05, 0.1) is 5.56 Å². The molecule has 2 N–H and O–H groups in total. The standard InChI is InChI=1S/C11H12N2O2/c1-12-5-3-2-4-9-6-10(11(14)15)8-13-7-9/h6-8,12H,3,5H2,1H3,(H,14,15). The lowest BCUT2D eigenvalue weighted by atomic mass is 10.2. The first kappa shape index (κ1) is 11.2. The second-order valence-electron chi connectivity index (χ2n) is 2.92. The summed E-state index contributed by atoms with van der Waals surface area (Å²) in [6, 6.07) is 1.52. The Bertz CT molecular complexity index is 405. The number of carboxylic acid groups (broad SMARTS) is 1. The van der Waals surface area contributed by atoms with E-state index < -0.39 is 5.97 Å². The van der Waals surface area contributed by atoms with E-state index in [0.29, 0.717) is 5.56 Å². The molecule has 0 unspecified atom stereocenters. The van der Waals surface area contributed by atoms with Crippen LogP contribution in [0.15, 0.2) is 18.5 Å². The minimum absolute atomic E-state index is 0.162.